The summed E-state index contributed by atoms with van der Waals surface area (Å²) in [5, 5.41) is 0. The maximum atomic E-state index is 12.8. The van der Waals surface area contributed by atoms with Gasteiger partial charge in [0.25, 0.3) is 0 Å². The third-order valence-corrected chi connectivity index (χ3v) is 4.24. The van der Waals surface area contributed by atoms with E-state index in [1.807, 2.05) is 24.3 Å². The minimum Gasteiger partial charge on any atom is -0.496 e. The molecule has 0 spiro atoms. The summed E-state index contributed by atoms with van der Waals surface area (Å²) < 4.78 is 6.00. The Labute approximate surface area is 134 Å². The van der Waals surface area contributed by atoms with Gasteiger partial charge in [0.2, 0.25) is 0 Å². The highest BCUT2D eigenvalue weighted by atomic mass is 79.9. The Hall–Kier alpha value is -1.61. The number of methoxy groups -OCH3 is 1. The molecule has 0 unspecified atom stereocenters. The first-order valence-electron chi connectivity index (χ1n) is 7.10. The van der Waals surface area contributed by atoms with Crippen molar-refractivity contribution in [2.45, 2.75) is 26.7 Å². The van der Waals surface area contributed by atoms with Crippen LogP contribution in [0.1, 0.15) is 40.9 Å². The molecule has 0 saturated heterocycles. The van der Waals surface area contributed by atoms with Gasteiger partial charge in [0, 0.05) is 11.1 Å². The molecule has 0 atom stereocenters. The second-order valence-corrected chi connectivity index (χ2v) is 5.73. The molecule has 0 heterocycles. The predicted molar refractivity (Wildman–Crippen MR) is 89.3 cm³/mol. The van der Waals surface area contributed by atoms with Gasteiger partial charge in [-0.15, -0.1) is 0 Å². The molecular formula is C18H19BrO2. The normalized spacial score (nSPS) is 10.5. The monoisotopic (exact) mass is 346 g/mol. The van der Waals surface area contributed by atoms with E-state index in [0.29, 0.717) is 5.56 Å². The van der Waals surface area contributed by atoms with Crippen LogP contribution in [0.25, 0.3) is 0 Å². The minimum atomic E-state index is 0.0607. The largest absolute Gasteiger partial charge is 0.496 e. The third-order valence-electron chi connectivity index (χ3n) is 3.62. The van der Waals surface area contributed by atoms with E-state index < -0.39 is 0 Å². The lowest BCUT2D eigenvalue weighted by atomic mass is 9.94. The second kappa shape index (κ2) is 6.90. The molecule has 110 valence electrons. The third kappa shape index (κ3) is 3.35. The molecule has 0 bridgehead atoms. The molecule has 2 aromatic carbocycles. The van der Waals surface area contributed by atoms with Crippen molar-refractivity contribution in [3.63, 3.8) is 0 Å². The Balaban J connectivity index is 2.46. The average molecular weight is 347 g/mol. The van der Waals surface area contributed by atoms with Gasteiger partial charge in [-0.25, -0.2) is 0 Å². The van der Waals surface area contributed by atoms with Gasteiger partial charge < -0.3 is 4.74 Å². The molecule has 0 fully saturated rings. The van der Waals surface area contributed by atoms with E-state index in [-0.39, 0.29) is 5.78 Å². The summed E-state index contributed by atoms with van der Waals surface area (Å²) >= 11 is 3.43. The lowest BCUT2D eigenvalue weighted by Gasteiger charge is -2.10. The number of ether oxygens (including phenoxy) is 1. The number of carbonyl (C=O) groups excluding carboxylic acids is 1. The molecule has 0 amide bonds. The lowest BCUT2D eigenvalue weighted by Crippen LogP contribution is -2.06. The smallest absolute Gasteiger partial charge is 0.193 e. The van der Waals surface area contributed by atoms with Crippen LogP contribution in [0.4, 0.5) is 0 Å². The first-order chi connectivity index (χ1) is 10.1. The molecule has 0 aliphatic heterocycles. The molecule has 0 N–H and O–H groups in total. The van der Waals surface area contributed by atoms with Crippen LogP contribution in [0.15, 0.2) is 40.9 Å². The van der Waals surface area contributed by atoms with Crippen LogP contribution in [0.5, 0.6) is 5.75 Å². The standard InChI is InChI=1S/C18H19BrO2/c1-4-12-6-7-13(5-2)15(10-12)18(20)14-8-9-17(21-3)16(19)11-14/h6-11H,4-5H2,1-3H3. The summed E-state index contributed by atoms with van der Waals surface area (Å²) in [5.74, 6) is 0.787. The predicted octanol–water partition coefficient (Wildman–Crippen LogP) is 4.81. The topological polar surface area (TPSA) is 26.3 Å². The number of rotatable bonds is 5. The zero-order valence-electron chi connectivity index (χ0n) is 12.6. The molecule has 0 aromatic heterocycles. The van der Waals surface area contributed by atoms with Gasteiger partial charge in [-0.05, 0) is 64.2 Å². The van der Waals surface area contributed by atoms with Crippen LogP contribution in [-0.4, -0.2) is 12.9 Å². The molecule has 2 nitrogen and oxygen atoms in total. The fraction of sp³-hybridized carbons (Fsp3) is 0.278. The number of halogens is 1. The Morgan fingerprint density at radius 1 is 1.10 bits per heavy atom. The Morgan fingerprint density at radius 2 is 1.86 bits per heavy atom. The molecule has 0 aliphatic carbocycles. The number of benzene rings is 2. The summed E-state index contributed by atoms with van der Waals surface area (Å²) in [6.45, 7) is 4.17. The first kappa shape index (κ1) is 15.8. The van der Waals surface area contributed by atoms with Crippen LogP contribution < -0.4 is 4.74 Å². The van der Waals surface area contributed by atoms with Gasteiger partial charge in [0.1, 0.15) is 5.75 Å². The van der Waals surface area contributed by atoms with E-state index in [1.54, 1.807) is 7.11 Å². The summed E-state index contributed by atoms with van der Waals surface area (Å²) in [7, 11) is 1.61. The molecule has 0 aliphatic rings. The van der Waals surface area contributed by atoms with Crippen molar-refractivity contribution in [3.8, 4) is 5.75 Å². The SMILES string of the molecule is CCc1ccc(CC)c(C(=O)c2ccc(OC)c(Br)c2)c1. The van der Waals surface area contributed by atoms with Crippen molar-refractivity contribution in [2.24, 2.45) is 0 Å². The Kier molecular flexibility index (Phi) is 5.18. The van der Waals surface area contributed by atoms with Gasteiger partial charge >= 0.3 is 0 Å². The van der Waals surface area contributed by atoms with Gasteiger partial charge in [0.05, 0.1) is 11.6 Å². The zero-order chi connectivity index (χ0) is 15.4. The van der Waals surface area contributed by atoms with E-state index in [0.717, 1.165) is 34.2 Å². The highest BCUT2D eigenvalue weighted by molar-refractivity contribution is 9.10. The number of hydrogen-bond acceptors (Lipinski definition) is 2. The van der Waals surface area contributed by atoms with Crippen LogP contribution in [0.2, 0.25) is 0 Å². The van der Waals surface area contributed by atoms with E-state index in [2.05, 4.69) is 41.9 Å². The van der Waals surface area contributed by atoms with Crippen LogP contribution in [0.3, 0.4) is 0 Å². The van der Waals surface area contributed by atoms with Gasteiger partial charge in [-0.1, -0.05) is 26.0 Å². The van der Waals surface area contributed by atoms with Crippen molar-refractivity contribution in [1.82, 2.24) is 0 Å². The fourth-order valence-corrected chi connectivity index (χ4v) is 2.87. The average Bonchev–Trinajstić information content (AvgIpc) is 2.53. The molecule has 3 heteroatoms. The van der Waals surface area contributed by atoms with Crippen molar-refractivity contribution < 1.29 is 9.53 Å². The fourth-order valence-electron chi connectivity index (χ4n) is 2.33. The lowest BCUT2D eigenvalue weighted by molar-refractivity contribution is 0.103. The zero-order valence-corrected chi connectivity index (χ0v) is 14.2. The summed E-state index contributed by atoms with van der Waals surface area (Å²) in [4.78, 5) is 12.8. The summed E-state index contributed by atoms with van der Waals surface area (Å²) in [5.41, 5.74) is 3.74. The Bertz CT molecular complexity index is 662. The van der Waals surface area contributed by atoms with Crippen molar-refractivity contribution in [3.05, 3.63) is 63.1 Å². The molecule has 0 saturated carbocycles. The number of aryl methyl sites for hydroxylation is 2. The van der Waals surface area contributed by atoms with Crippen molar-refractivity contribution in [1.29, 1.82) is 0 Å². The summed E-state index contributed by atoms with van der Waals surface area (Å²) in [6.07, 6.45) is 1.78. The van der Waals surface area contributed by atoms with E-state index >= 15 is 0 Å². The first-order valence-corrected chi connectivity index (χ1v) is 7.90. The number of carbonyl (C=O) groups is 1. The Morgan fingerprint density at radius 3 is 2.43 bits per heavy atom. The van der Waals surface area contributed by atoms with E-state index in [1.165, 1.54) is 5.56 Å². The number of hydrogen-bond donors (Lipinski definition) is 0. The molecule has 0 radical (unpaired) electrons. The second-order valence-electron chi connectivity index (χ2n) is 4.88. The minimum absolute atomic E-state index is 0.0607. The molecule has 2 aromatic rings. The van der Waals surface area contributed by atoms with Gasteiger partial charge in [0.15, 0.2) is 5.78 Å². The summed E-state index contributed by atoms with van der Waals surface area (Å²) in [6, 6.07) is 11.6. The molecule has 21 heavy (non-hydrogen) atoms. The van der Waals surface area contributed by atoms with Crippen LogP contribution in [0, 0.1) is 0 Å². The number of ketones is 1. The highest BCUT2D eigenvalue weighted by Crippen LogP contribution is 2.27. The van der Waals surface area contributed by atoms with Gasteiger partial charge in [-0.2, -0.15) is 0 Å². The molecular weight excluding hydrogens is 328 g/mol. The maximum Gasteiger partial charge on any atom is 0.193 e. The van der Waals surface area contributed by atoms with Crippen molar-refractivity contribution in [2.75, 3.05) is 7.11 Å². The van der Waals surface area contributed by atoms with E-state index in [4.69, 9.17) is 4.74 Å². The molecule has 2 rings (SSSR count). The van der Waals surface area contributed by atoms with Crippen LogP contribution >= 0.6 is 15.9 Å². The highest BCUT2D eigenvalue weighted by Gasteiger charge is 2.15. The van der Waals surface area contributed by atoms with Gasteiger partial charge in [-0.3, -0.25) is 4.79 Å². The van der Waals surface area contributed by atoms with Crippen LogP contribution in [-0.2, 0) is 12.8 Å². The van der Waals surface area contributed by atoms with E-state index in [9.17, 15) is 4.79 Å². The maximum absolute atomic E-state index is 12.8. The van der Waals surface area contributed by atoms with Crippen molar-refractivity contribution >= 4 is 21.7 Å². The quantitative estimate of drug-likeness (QED) is 0.726.